The number of hydrogen-bond acceptors (Lipinski definition) is 2. The summed E-state index contributed by atoms with van der Waals surface area (Å²) in [4.78, 5) is 2.50. The van der Waals surface area contributed by atoms with Crippen LogP contribution in [0.5, 0.6) is 0 Å². The van der Waals surface area contributed by atoms with Gasteiger partial charge in [0.1, 0.15) is 0 Å². The summed E-state index contributed by atoms with van der Waals surface area (Å²) in [5.41, 5.74) is 1.78. The van der Waals surface area contributed by atoms with Gasteiger partial charge in [-0.25, -0.2) is 0 Å². The average molecular weight is 265 g/mol. The molecule has 1 aliphatic heterocycles. The van der Waals surface area contributed by atoms with E-state index in [2.05, 4.69) is 36.2 Å². The predicted octanol–water partition coefficient (Wildman–Crippen LogP) is 3.31. The van der Waals surface area contributed by atoms with E-state index in [0.717, 1.165) is 24.7 Å². The van der Waals surface area contributed by atoms with Gasteiger partial charge in [0.25, 0.3) is 0 Å². The molecule has 0 atom stereocenters. The Kier molecular flexibility index (Phi) is 2.83. The summed E-state index contributed by atoms with van der Waals surface area (Å²) >= 11 is 6.39. The Balaban J connectivity index is 1.98. The first-order valence-corrected chi connectivity index (χ1v) is 7.13. The van der Waals surface area contributed by atoms with Crippen LogP contribution in [0.2, 0.25) is 5.02 Å². The molecule has 18 heavy (non-hydrogen) atoms. The molecular weight excluding hydrogens is 244 g/mol. The third-order valence-corrected chi connectivity index (χ3v) is 4.70. The quantitative estimate of drug-likeness (QED) is 0.837. The third kappa shape index (κ3) is 2.12. The van der Waals surface area contributed by atoms with Gasteiger partial charge in [-0.2, -0.15) is 0 Å². The molecule has 98 valence electrons. The van der Waals surface area contributed by atoms with Crippen LogP contribution in [0.25, 0.3) is 0 Å². The van der Waals surface area contributed by atoms with Crippen molar-refractivity contribution < 1.29 is 0 Å². The molecule has 2 aliphatic rings. The second-order valence-corrected chi connectivity index (χ2v) is 6.86. The van der Waals surface area contributed by atoms with Crippen LogP contribution in [0, 0.1) is 5.41 Å². The fourth-order valence-corrected chi connectivity index (χ4v) is 3.17. The fraction of sp³-hybridized carbons (Fsp3) is 0.600. The van der Waals surface area contributed by atoms with E-state index in [1.54, 1.807) is 0 Å². The molecule has 2 fully saturated rings. The monoisotopic (exact) mass is 264 g/mol. The molecule has 0 bridgehead atoms. The molecule has 3 rings (SSSR count). The number of nitrogens with zero attached hydrogens (tertiary/aromatic N) is 1. The van der Waals surface area contributed by atoms with Crippen molar-refractivity contribution in [1.29, 1.82) is 0 Å². The van der Waals surface area contributed by atoms with Gasteiger partial charge in [0, 0.05) is 30.6 Å². The molecular formula is C15H21ClN2. The molecule has 0 unspecified atom stereocenters. The van der Waals surface area contributed by atoms with Crippen LogP contribution in [-0.2, 0) is 0 Å². The molecule has 3 heteroatoms. The van der Waals surface area contributed by atoms with Gasteiger partial charge in [-0.05, 0) is 38.8 Å². The number of nitrogens with one attached hydrogen (secondary N) is 1. The Bertz CT molecular complexity index is 452. The van der Waals surface area contributed by atoms with E-state index in [1.165, 1.54) is 18.5 Å². The lowest BCUT2D eigenvalue weighted by Gasteiger charge is -2.40. The molecule has 1 aromatic carbocycles. The van der Waals surface area contributed by atoms with Crippen molar-refractivity contribution in [2.45, 2.75) is 32.2 Å². The van der Waals surface area contributed by atoms with Crippen molar-refractivity contribution in [3.05, 3.63) is 29.3 Å². The maximum Gasteiger partial charge on any atom is 0.0639 e. The van der Waals surface area contributed by atoms with Gasteiger partial charge in [0.2, 0.25) is 0 Å². The van der Waals surface area contributed by atoms with Crippen LogP contribution in [0.15, 0.2) is 24.3 Å². The Hall–Kier alpha value is -0.730. The van der Waals surface area contributed by atoms with Gasteiger partial charge in [-0.15, -0.1) is 0 Å². The minimum Gasteiger partial charge on any atom is -0.363 e. The van der Waals surface area contributed by atoms with Crippen LogP contribution in [0.4, 0.5) is 5.69 Å². The molecule has 0 aromatic heterocycles. The number of benzene rings is 1. The molecule has 2 nitrogen and oxygen atoms in total. The highest BCUT2D eigenvalue weighted by molar-refractivity contribution is 6.33. The van der Waals surface area contributed by atoms with Crippen LogP contribution >= 0.6 is 11.6 Å². The lowest BCUT2D eigenvalue weighted by Crippen LogP contribution is -2.49. The number of hydrogen-bond donors (Lipinski definition) is 1. The van der Waals surface area contributed by atoms with E-state index in [9.17, 15) is 0 Å². The molecule has 1 aromatic rings. The van der Waals surface area contributed by atoms with Crippen molar-refractivity contribution in [2.75, 3.05) is 24.5 Å². The highest BCUT2D eigenvalue weighted by atomic mass is 35.5. The topological polar surface area (TPSA) is 15.3 Å². The van der Waals surface area contributed by atoms with Gasteiger partial charge in [-0.1, -0.05) is 23.7 Å². The molecule has 1 aliphatic carbocycles. The summed E-state index contributed by atoms with van der Waals surface area (Å²) in [5, 5.41) is 4.49. The largest absolute Gasteiger partial charge is 0.363 e. The minimum absolute atomic E-state index is 0.108. The van der Waals surface area contributed by atoms with E-state index < -0.39 is 0 Å². The number of halogens is 1. The van der Waals surface area contributed by atoms with Crippen molar-refractivity contribution in [3.8, 4) is 0 Å². The number of anilines is 1. The summed E-state index contributed by atoms with van der Waals surface area (Å²) in [7, 11) is 0. The SMILES string of the molecule is CC1(C)CNCC2(CC2)CN1c1ccccc1Cl. The maximum atomic E-state index is 6.39. The van der Waals surface area contributed by atoms with Gasteiger partial charge in [0.05, 0.1) is 10.7 Å². The predicted molar refractivity (Wildman–Crippen MR) is 77.4 cm³/mol. The van der Waals surface area contributed by atoms with Crippen LogP contribution in [0.3, 0.4) is 0 Å². The third-order valence-electron chi connectivity index (χ3n) is 4.38. The van der Waals surface area contributed by atoms with E-state index in [1.807, 2.05) is 12.1 Å². The van der Waals surface area contributed by atoms with Crippen LogP contribution in [0.1, 0.15) is 26.7 Å². The van der Waals surface area contributed by atoms with Gasteiger partial charge in [0.15, 0.2) is 0 Å². The smallest absolute Gasteiger partial charge is 0.0639 e. The Labute approximate surface area is 114 Å². The Morgan fingerprint density at radius 3 is 2.56 bits per heavy atom. The summed E-state index contributed by atoms with van der Waals surface area (Å²) in [6, 6.07) is 8.22. The van der Waals surface area contributed by atoms with Crippen LogP contribution < -0.4 is 10.2 Å². The molecule has 1 heterocycles. The van der Waals surface area contributed by atoms with Crippen molar-refractivity contribution in [1.82, 2.24) is 5.32 Å². The van der Waals surface area contributed by atoms with Crippen molar-refractivity contribution in [2.24, 2.45) is 5.41 Å². The van der Waals surface area contributed by atoms with Gasteiger partial charge < -0.3 is 10.2 Å². The standard InChI is InChI=1S/C15H21ClN2/c1-14(2)9-17-10-15(7-8-15)11-18(14)13-6-4-3-5-12(13)16/h3-6,17H,7-11H2,1-2H3. The van der Waals surface area contributed by atoms with E-state index >= 15 is 0 Å². The number of para-hydroxylation sites is 1. The first kappa shape index (κ1) is 12.3. The summed E-state index contributed by atoms with van der Waals surface area (Å²) in [6.45, 7) is 7.88. The Morgan fingerprint density at radius 2 is 1.89 bits per heavy atom. The van der Waals surface area contributed by atoms with Crippen LogP contribution in [-0.4, -0.2) is 25.2 Å². The zero-order valence-electron chi connectivity index (χ0n) is 11.2. The summed E-state index contributed by atoms with van der Waals surface area (Å²) < 4.78 is 0. The lowest BCUT2D eigenvalue weighted by molar-refractivity contribution is 0.456. The van der Waals surface area contributed by atoms with E-state index in [-0.39, 0.29) is 5.54 Å². The summed E-state index contributed by atoms with van der Waals surface area (Å²) in [6.07, 6.45) is 2.69. The maximum absolute atomic E-state index is 6.39. The average Bonchev–Trinajstić information content (AvgIpc) is 3.08. The van der Waals surface area contributed by atoms with Crippen molar-refractivity contribution >= 4 is 17.3 Å². The highest BCUT2D eigenvalue weighted by Crippen LogP contribution is 2.49. The highest BCUT2D eigenvalue weighted by Gasteiger charge is 2.48. The zero-order valence-corrected chi connectivity index (χ0v) is 11.9. The second kappa shape index (κ2) is 4.14. The molecule has 1 spiro atoms. The molecule has 1 saturated heterocycles. The zero-order chi connectivity index (χ0) is 12.8. The second-order valence-electron chi connectivity index (χ2n) is 6.45. The van der Waals surface area contributed by atoms with E-state index in [0.29, 0.717) is 5.41 Å². The normalized spacial score (nSPS) is 24.9. The lowest BCUT2D eigenvalue weighted by atomic mass is 10.00. The van der Waals surface area contributed by atoms with Crippen molar-refractivity contribution in [3.63, 3.8) is 0 Å². The molecule has 1 N–H and O–H groups in total. The fourth-order valence-electron chi connectivity index (χ4n) is 2.93. The van der Waals surface area contributed by atoms with E-state index in [4.69, 9.17) is 11.6 Å². The molecule has 1 saturated carbocycles. The number of rotatable bonds is 1. The first-order valence-electron chi connectivity index (χ1n) is 6.75. The van der Waals surface area contributed by atoms with Gasteiger partial charge in [-0.3, -0.25) is 0 Å². The summed E-state index contributed by atoms with van der Waals surface area (Å²) in [5.74, 6) is 0. The first-order chi connectivity index (χ1) is 8.53. The van der Waals surface area contributed by atoms with Gasteiger partial charge >= 0.3 is 0 Å². The molecule has 0 amide bonds. The molecule has 0 radical (unpaired) electrons. The minimum atomic E-state index is 0.108. The Morgan fingerprint density at radius 1 is 1.17 bits per heavy atom.